The molecule has 0 unspecified atom stereocenters. The number of aromatic nitrogens is 1. The van der Waals surface area contributed by atoms with Gasteiger partial charge in [-0.05, 0) is 37.1 Å². The number of hydrogen-bond acceptors (Lipinski definition) is 2. The second-order valence-electron chi connectivity index (χ2n) is 4.23. The standard InChI is InChI=1S/C13H16N2O/c1-8-4-9(2)10-6-12(13(16)7-14)15(3)11(10)5-8/h4-6H,7,14H2,1-3H3. The Morgan fingerprint density at radius 1 is 1.31 bits per heavy atom. The molecular weight excluding hydrogens is 200 g/mol. The zero-order chi connectivity index (χ0) is 11.9. The fraction of sp³-hybridized carbons (Fsp3) is 0.308. The lowest BCUT2D eigenvalue weighted by molar-refractivity contribution is 0.0994. The van der Waals surface area contributed by atoms with E-state index in [1.165, 1.54) is 11.1 Å². The highest BCUT2D eigenvalue weighted by Gasteiger charge is 2.13. The molecule has 2 aromatic rings. The number of carbonyl (C=O) groups is 1. The molecule has 0 saturated carbocycles. The summed E-state index contributed by atoms with van der Waals surface area (Å²) < 4.78 is 1.92. The van der Waals surface area contributed by atoms with E-state index < -0.39 is 0 Å². The van der Waals surface area contributed by atoms with Gasteiger partial charge in [0.05, 0.1) is 12.2 Å². The molecule has 1 heterocycles. The maximum Gasteiger partial charge on any atom is 0.192 e. The molecule has 2 N–H and O–H groups in total. The lowest BCUT2D eigenvalue weighted by Crippen LogP contribution is -2.16. The van der Waals surface area contributed by atoms with Gasteiger partial charge in [-0.25, -0.2) is 0 Å². The van der Waals surface area contributed by atoms with E-state index in [1.807, 2.05) is 17.7 Å². The Kier molecular flexibility index (Phi) is 2.56. The van der Waals surface area contributed by atoms with Crippen LogP contribution in [-0.2, 0) is 7.05 Å². The molecule has 16 heavy (non-hydrogen) atoms. The van der Waals surface area contributed by atoms with Crippen molar-refractivity contribution in [1.29, 1.82) is 0 Å². The van der Waals surface area contributed by atoms with Gasteiger partial charge >= 0.3 is 0 Å². The fourth-order valence-corrected chi connectivity index (χ4v) is 2.16. The number of hydrogen-bond donors (Lipinski definition) is 1. The summed E-state index contributed by atoms with van der Waals surface area (Å²) in [4.78, 5) is 11.7. The minimum atomic E-state index is -0.0178. The average molecular weight is 216 g/mol. The Morgan fingerprint density at radius 2 is 2.00 bits per heavy atom. The number of Topliss-reactive ketones (excluding diaryl/α,β-unsaturated/α-hetero) is 1. The van der Waals surface area contributed by atoms with E-state index in [4.69, 9.17) is 5.73 Å². The summed E-state index contributed by atoms with van der Waals surface area (Å²) in [6, 6.07) is 6.15. The molecule has 2 rings (SSSR count). The molecule has 0 bridgehead atoms. The van der Waals surface area contributed by atoms with Crippen LogP contribution in [-0.4, -0.2) is 16.9 Å². The third-order valence-corrected chi connectivity index (χ3v) is 2.98. The van der Waals surface area contributed by atoms with Crippen molar-refractivity contribution < 1.29 is 4.79 Å². The van der Waals surface area contributed by atoms with Crippen LogP contribution in [0.5, 0.6) is 0 Å². The maximum absolute atomic E-state index is 11.7. The lowest BCUT2D eigenvalue weighted by atomic mass is 10.1. The second kappa shape index (κ2) is 3.76. The first-order valence-corrected chi connectivity index (χ1v) is 5.34. The largest absolute Gasteiger partial charge is 0.341 e. The Labute approximate surface area is 94.9 Å². The van der Waals surface area contributed by atoms with Crippen molar-refractivity contribution in [1.82, 2.24) is 4.57 Å². The van der Waals surface area contributed by atoms with Crippen LogP contribution in [0.3, 0.4) is 0 Å². The van der Waals surface area contributed by atoms with Crippen molar-refractivity contribution in [2.45, 2.75) is 13.8 Å². The minimum Gasteiger partial charge on any atom is -0.341 e. The normalized spacial score (nSPS) is 11.0. The van der Waals surface area contributed by atoms with Crippen molar-refractivity contribution in [2.24, 2.45) is 12.8 Å². The zero-order valence-electron chi connectivity index (χ0n) is 9.87. The third-order valence-electron chi connectivity index (χ3n) is 2.98. The molecule has 0 aliphatic heterocycles. The predicted octanol–water partition coefficient (Wildman–Crippen LogP) is 1.94. The van der Waals surface area contributed by atoms with Crippen LogP contribution in [0.1, 0.15) is 21.6 Å². The van der Waals surface area contributed by atoms with Crippen LogP contribution >= 0.6 is 0 Å². The Hall–Kier alpha value is -1.61. The number of fused-ring (bicyclic) bond motifs is 1. The third kappa shape index (κ3) is 1.53. The summed E-state index contributed by atoms with van der Waals surface area (Å²) in [7, 11) is 1.91. The number of aryl methyl sites for hydroxylation is 3. The lowest BCUT2D eigenvalue weighted by Gasteiger charge is -2.03. The zero-order valence-corrected chi connectivity index (χ0v) is 9.87. The summed E-state index contributed by atoms with van der Waals surface area (Å²) >= 11 is 0. The topological polar surface area (TPSA) is 48.0 Å². The number of nitrogens with two attached hydrogens (primary N) is 1. The van der Waals surface area contributed by atoms with E-state index in [0.717, 1.165) is 10.9 Å². The first kappa shape index (κ1) is 10.9. The molecule has 0 aliphatic carbocycles. The summed E-state index contributed by atoms with van der Waals surface area (Å²) in [5.41, 5.74) is 9.58. The summed E-state index contributed by atoms with van der Waals surface area (Å²) in [6.07, 6.45) is 0. The Balaban J connectivity index is 2.77. The van der Waals surface area contributed by atoms with E-state index in [-0.39, 0.29) is 12.3 Å². The highest BCUT2D eigenvalue weighted by Crippen LogP contribution is 2.24. The molecule has 3 nitrogen and oxygen atoms in total. The van der Waals surface area contributed by atoms with Crippen LogP contribution in [0, 0.1) is 13.8 Å². The molecule has 3 heteroatoms. The van der Waals surface area contributed by atoms with Gasteiger partial charge in [-0.1, -0.05) is 6.07 Å². The first-order valence-electron chi connectivity index (χ1n) is 5.34. The Bertz CT molecular complexity index is 567. The van der Waals surface area contributed by atoms with Gasteiger partial charge in [-0.3, -0.25) is 4.79 Å². The number of rotatable bonds is 2. The number of ketones is 1. The smallest absolute Gasteiger partial charge is 0.192 e. The first-order chi connectivity index (χ1) is 7.54. The van der Waals surface area contributed by atoms with Gasteiger partial charge in [-0.2, -0.15) is 0 Å². The van der Waals surface area contributed by atoms with Gasteiger partial charge in [-0.15, -0.1) is 0 Å². The van der Waals surface area contributed by atoms with E-state index in [0.29, 0.717) is 5.69 Å². The monoisotopic (exact) mass is 216 g/mol. The minimum absolute atomic E-state index is 0.0178. The fourth-order valence-electron chi connectivity index (χ4n) is 2.16. The molecular formula is C13H16N2O. The second-order valence-corrected chi connectivity index (χ2v) is 4.23. The van der Waals surface area contributed by atoms with Gasteiger partial charge in [0.15, 0.2) is 5.78 Å². The van der Waals surface area contributed by atoms with Crippen LogP contribution < -0.4 is 5.73 Å². The van der Waals surface area contributed by atoms with Gasteiger partial charge in [0.25, 0.3) is 0 Å². The van der Waals surface area contributed by atoms with Crippen molar-refractivity contribution in [3.8, 4) is 0 Å². The predicted molar refractivity (Wildman–Crippen MR) is 65.8 cm³/mol. The van der Waals surface area contributed by atoms with Crippen LogP contribution in [0.4, 0.5) is 0 Å². The van der Waals surface area contributed by atoms with Crippen molar-refractivity contribution in [2.75, 3.05) is 6.54 Å². The molecule has 0 aliphatic rings. The Morgan fingerprint density at radius 3 is 2.62 bits per heavy atom. The molecule has 1 aromatic heterocycles. The number of carbonyl (C=O) groups excluding carboxylic acids is 1. The number of benzene rings is 1. The van der Waals surface area contributed by atoms with E-state index >= 15 is 0 Å². The summed E-state index contributed by atoms with van der Waals surface area (Å²) in [5.74, 6) is -0.0178. The molecule has 0 atom stereocenters. The highest BCUT2D eigenvalue weighted by molar-refractivity contribution is 6.01. The molecule has 0 saturated heterocycles. The van der Waals surface area contributed by atoms with E-state index in [9.17, 15) is 4.79 Å². The van der Waals surface area contributed by atoms with Crippen molar-refractivity contribution in [3.05, 3.63) is 35.0 Å². The van der Waals surface area contributed by atoms with E-state index in [2.05, 4.69) is 26.0 Å². The number of nitrogens with zero attached hydrogens (tertiary/aromatic N) is 1. The van der Waals surface area contributed by atoms with Gasteiger partial charge in [0, 0.05) is 18.0 Å². The summed E-state index contributed by atoms with van der Waals surface area (Å²) in [6.45, 7) is 4.18. The molecule has 1 aromatic carbocycles. The molecule has 84 valence electrons. The molecule has 0 spiro atoms. The van der Waals surface area contributed by atoms with Crippen molar-refractivity contribution >= 4 is 16.7 Å². The van der Waals surface area contributed by atoms with E-state index in [1.54, 1.807) is 0 Å². The average Bonchev–Trinajstić information content (AvgIpc) is 2.56. The maximum atomic E-state index is 11.7. The molecule has 0 radical (unpaired) electrons. The van der Waals surface area contributed by atoms with Gasteiger partial charge < -0.3 is 10.3 Å². The van der Waals surface area contributed by atoms with Gasteiger partial charge in [0.2, 0.25) is 0 Å². The SMILES string of the molecule is Cc1cc(C)c2cc(C(=O)CN)n(C)c2c1. The van der Waals surface area contributed by atoms with Gasteiger partial charge in [0.1, 0.15) is 0 Å². The van der Waals surface area contributed by atoms with Crippen LogP contribution in [0.25, 0.3) is 10.9 Å². The quantitative estimate of drug-likeness (QED) is 0.780. The van der Waals surface area contributed by atoms with Crippen LogP contribution in [0.2, 0.25) is 0 Å². The molecule has 0 fully saturated rings. The van der Waals surface area contributed by atoms with Crippen LogP contribution in [0.15, 0.2) is 18.2 Å². The summed E-state index contributed by atoms with van der Waals surface area (Å²) in [5, 5.41) is 1.13. The van der Waals surface area contributed by atoms with Crippen molar-refractivity contribution in [3.63, 3.8) is 0 Å². The molecule has 0 amide bonds. The highest BCUT2D eigenvalue weighted by atomic mass is 16.1.